The van der Waals surface area contributed by atoms with Crippen molar-refractivity contribution < 1.29 is 8.83 Å². The quantitative estimate of drug-likeness (QED) is 0.144. The Labute approximate surface area is 495 Å². The van der Waals surface area contributed by atoms with Gasteiger partial charge in [0.15, 0.2) is 17.5 Å². The Morgan fingerprint density at radius 2 is 0.756 bits per heavy atom. The first-order chi connectivity index (χ1) is 42.3. The Balaban J connectivity index is 0.897. The monoisotopic (exact) mass is 1100 g/mol. The summed E-state index contributed by atoms with van der Waals surface area (Å²) in [5, 5.41) is 9.06. The molecule has 0 spiro atoms. The molecule has 406 valence electrons. The summed E-state index contributed by atoms with van der Waals surface area (Å²) in [6.45, 7) is 7.23. The summed E-state index contributed by atoms with van der Waals surface area (Å²) in [7, 11) is 0. The van der Waals surface area contributed by atoms with Crippen molar-refractivity contribution in [3.05, 3.63) is 277 Å². The van der Waals surface area contributed by atoms with Gasteiger partial charge in [-0.25, -0.2) is 15.0 Å². The van der Waals surface area contributed by atoms with E-state index in [1.165, 1.54) is 66.0 Å². The summed E-state index contributed by atoms with van der Waals surface area (Å²) in [5.41, 5.74) is 23.3. The molecule has 17 rings (SSSR count). The number of furan rings is 2. The summed E-state index contributed by atoms with van der Waals surface area (Å²) in [5.74, 6) is 1.61. The van der Waals surface area contributed by atoms with Gasteiger partial charge in [0, 0.05) is 83.0 Å². The van der Waals surface area contributed by atoms with Crippen LogP contribution in [0.5, 0.6) is 0 Å². The molecule has 7 heteroatoms. The van der Waals surface area contributed by atoms with E-state index < -0.39 is 0 Å². The first-order valence-electron chi connectivity index (χ1n) is 29.3. The van der Waals surface area contributed by atoms with Crippen LogP contribution in [0.4, 0.5) is 0 Å². The van der Waals surface area contributed by atoms with E-state index in [-0.39, 0.29) is 0 Å². The van der Waals surface area contributed by atoms with E-state index in [1.54, 1.807) is 0 Å². The summed E-state index contributed by atoms with van der Waals surface area (Å²) in [4.78, 5) is 16.2. The second kappa shape index (κ2) is 19.5. The lowest BCUT2D eigenvalue weighted by atomic mass is 9.89. The Hall–Kier alpha value is -11.2. The fraction of sp³-hybridized carbons (Fsp3) is 0.0506. The third-order valence-electron chi connectivity index (χ3n) is 17.6. The minimum Gasteiger partial charge on any atom is -0.456 e. The van der Waals surface area contributed by atoms with E-state index in [2.05, 4.69) is 248 Å². The second-order valence-electron chi connectivity index (χ2n) is 22.9. The largest absolute Gasteiger partial charge is 0.456 e. The molecule has 7 nitrogen and oxygen atoms in total. The van der Waals surface area contributed by atoms with Crippen LogP contribution in [-0.2, 0) is 6.54 Å². The molecule has 0 saturated carbocycles. The molecule has 5 aromatic heterocycles. The molecule has 0 atom stereocenters. The molecular formula is C79H53N5O2. The minimum atomic E-state index is 0.532. The Morgan fingerprint density at radius 1 is 0.314 bits per heavy atom. The van der Waals surface area contributed by atoms with Crippen molar-refractivity contribution in [3.63, 3.8) is 0 Å². The van der Waals surface area contributed by atoms with Crippen LogP contribution in [0.2, 0.25) is 0 Å². The number of fused-ring (bicyclic) bond motifs is 12. The van der Waals surface area contributed by atoms with E-state index in [1.807, 2.05) is 36.4 Å². The van der Waals surface area contributed by atoms with Gasteiger partial charge in [0.2, 0.25) is 0 Å². The number of aryl methyl sites for hydroxylation is 3. The van der Waals surface area contributed by atoms with E-state index in [9.17, 15) is 0 Å². The van der Waals surface area contributed by atoms with Gasteiger partial charge in [-0.05, 0) is 162 Å². The van der Waals surface area contributed by atoms with E-state index >= 15 is 0 Å². The van der Waals surface area contributed by atoms with Crippen LogP contribution < -0.4 is 0 Å². The van der Waals surface area contributed by atoms with Gasteiger partial charge in [0.25, 0.3) is 0 Å². The van der Waals surface area contributed by atoms with Crippen molar-refractivity contribution in [2.75, 3.05) is 0 Å². The average molecular weight is 1100 g/mol. The summed E-state index contributed by atoms with van der Waals surface area (Å²) < 4.78 is 17.9. The molecule has 0 N–H and O–H groups in total. The fourth-order valence-electron chi connectivity index (χ4n) is 13.8. The molecule has 0 aliphatic heterocycles. The van der Waals surface area contributed by atoms with Crippen LogP contribution in [-0.4, -0.2) is 24.1 Å². The van der Waals surface area contributed by atoms with Crippen molar-refractivity contribution in [1.82, 2.24) is 24.1 Å². The highest BCUT2D eigenvalue weighted by Gasteiger charge is 2.24. The number of nitrogens with zero attached hydrogens (tertiary/aromatic N) is 5. The zero-order valence-electron chi connectivity index (χ0n) is 47.5. The number of para-hydroxylation sites is 4. The molecule has 0 bridgehead atoms. The van der Waals surface area contributed by atoms with Crippen LogP contribution in [0.15, 0.2) is 264 Å². The van der Waals surface area contributed by atoms with Crippen LogP contribution in [0, 0.1) is 20.8 Å². The molecule has 0 saturated heterocycles. The first-order valence-corrected chi connectivity index (χ1v) is 29.3. The van der Waals surface area contributed by atoms with Crippen LogP contribution in [0.1, 0.15) is 22.3 Å². The van der Waals surface area contributed by atoms with Crippen molar-refractivity contribution in [1.29, 1.82) is 0 Å². The fourth-order valence-corrected chi connectivity index (χ4v) is 13.8. The highest BCUT2D eigenvalue weighted by molar-refractivity contribution is 6.13. The maximum atomic E-state index is 6.47. The zero-order chi connectivity index (χ0) is 57.1. The second-order valence-corrected chi connectivity index (χ2v) is 22.9. The van der Waals surface area contributed by atoms with Gasteiger partial charge in [-0.15, -0.1) is 0 Å². The SMILES string of the molecule is Cc1cc(C)c(-c2ccc3c(c2)c2cc(-n4c5ccccc5c5ccccc54)ccc2n3Cc2c(-c3ccccc3)cc(-c3nc(-c4ccc5c(c4)oc4ccccc45)nc(-c4ccc5c(c4)oc4ccccc45)n3)cc2-c2ccccc2)c(C)c1. The maximum absolute atomic E-state index is 6.47. The summed E-state index contributed by atoms with van der Waals surface area (Å²) >= 11 is 0. The third kappa shape index (κ3) is 8.00. The van der Waals surface area contributed by atoms with Crippen LogP contribution >= 0.6 is 0 Å². The summed E-state index contributed by atoms with van der Waals surface area (Å²) in [6.07, 6.45) is 0. The lowest BCUT2D eigenvalue weighted by molar-refractivity contribution is 0.668. The number of benzene rings is 12. The number of hydrogen-bond donors (Lipinski definition) is 0. The van der Waals surface area contributed by atoms with Gasteiger partial charge in [-0.1, -0.05) is 169 Å². The lowest BCUT2D eigenvalue weighted by Gasteiger charge is -2.20. The van der Waals surface area contributed by atoms with Crippen molar-refractivity contribution in [2.45, 2.75) is 27.3 Å². The van der Waals surface area contributed by atoms with E-state index in [0.29, 0.717) is 24.0 Å². The van der Waals surface area contributed by atoms with Crippen molar-refractivity contribution in [3.8, 4) is 73.2 Å². The van der Waals surface area contributed by atoms with Gasteiger partial charge >= 0.3 is 0 Å². The standard InChI is InChI=1S/C79H53N5O2/c1-47-38-48(2)76(49(3)39-47)52-32-36-68-65(40-52)66-45-56(84-70-26-14-10-22-57(70)58-23-11-15-27-71(58)84)33-37-69(66)83(68)46-67-63(50-18-6-4-7-19-50)41-55(42-64(67)51-20-8-5-9-21-51)79-81-77(53-30-34-61-59-24-12-16-28-72(59)85-74(61)43-53)80-78(82-79)54-31-35-62-60-25-13-17-29-73(60)86-75(62)44-54/h4-45H,46H2,1-3H3. The molecule has 5 heterocycles. The minimum absolute atomic E-state index is 0.532. The predicted molar refractivity (Wildman–Crippen MR) is 354 cm³/mol. The first kappa shape index (κ1) is 49.5. The Morgan fingerprint density at radius 3 is 1.30 bits per heavy atom. The highest BCUT2D eigenvalue weighted by atomic mass is 16.3. The number of aromatic nitrogens is 5. The zero-order valence-corrected chi connectivity index (χ0v) is 47.5. The van der Waals surface area contributed by atoms with Gasteiger partial charge < -0.3 is 18.0 Å². The molecular weight excluding hydrogens is 1050 g/mol. The number of hydrogen-bond acceptors (Lipinski definition) is 5. The maximum Gasteiger partial charge on any atom is 0.164 e. The van der Waals surface area contributed by atoms with Crippen LogP contribution in [0.25, 0.3) is 161 Å². The van der Waals surface area contributed by atoms with E-state index in [0.717, 1.165) is 99.5 Å². The lowest BCUT2D eigenvalue weighted by Crippen LogP contribution is -2.06. The molecule has 0 aliphatic carbocycles. The van der Waals surface area contributed by atoms with Gasteiger partial charge in [0.1, 0.15) is 22.3 Å². The third-order valence-corrected chi connectivity index (χ3v) is 17.6. The topological polar surface area (TPSA) is 74.8 Å². The molecule has 0 fully saturated rings. The molecule has 12 aromatic carbocycles. The van der Waals surface area contributed by atoms with Crippen molar-refractivity contribution in [2.24, 2.45) is 0 Å². The van der Waals surface area contributed by atoms with Crippen molar-refractivity contribution >= 4 is 87.5 Å². The van der Waals surface area contributed by atoms with Crippen LogP contribution in [0.3, 0.4) is 0 Å². The molecule has 0 amide bonds. The normalized spacial score (nSPS) is 11.9. The predicted octanol–water partition coefficient (Wildman–Crippen LogP) is 20.9. The number of rotatable bonds is 9. The van der Waals surface area contributed by atoms with Gasteiger partial charge in [0.05, 0.1) is 11.0 Å². The Kier molecular flexibility index (Phi) is 11.2. The van der Waals surface area contributed by atoms with Gasteiger partial charge in [-0.2, -0.15) is 0 Å². The average Bonchev–Trinajstić information content (AvgIpc) is 2.74. The molecule has 86 heavy (non-hydrogen) atoms. The van der Waals surface area contributed by atoms with Gasteiger partial charge in [-0.3, -0.25) is 0 Å². The molecule has 17 aromatic rings. The molecule has 0 aliphatic rings. The molecule has 0 radical (unpaired) electrons. The summed E-state index contributed by atoms with van der Waals surface area (Å²) in [6, 6.07) is 91.3. The highest BCUT2D eigenvalue weighted by Crippen LogP contribution is 2.44. The Bertz CT molecular complexity index is 5340. The molecule has 0 unspecified atom stereocenters. The van der Waals surface area contributed by atoms with E-state index in [4.69, 9.17) is 23.8 Å². The smallest absolute Gasteiger partial charge is 0.164 e.